The van der Waals surface area contributed by atoms with E-state index >= 15 is 0 Å². The smallest absolute Gasteiger partial charge is 0.226 e. The van der Waals surface area contributed by atoms with E-state index in [2.05, 4.69) is 22.6 Å². The molecule has 1 aromatic rings. The summed E-state index contributed by atoms with van der Waals surface area (Å²) in [4.78, 5) is 11.9. The number of amides is 1. The van der Waals surface area contributed by atoms with Gasteiger partial charge in [0.25, 0.3) is 0 Å². The fourth-order valence-electron chi connectivity index (χ4n) is 2.12. The van der Waals surface area contributed by atoms with Crippen LogP contribution in [0.4, 0.5) is 5.82 Å². The third kappa shape index (κ3) is 2.96. The van der Waals surface area contributed by atoms with Crippen LogP contribution in [0.25, 0.3) is 0 Å². The minimum atomic E-state index is 0.0731. The van der Waals surface area contributed by atoms with E-state index in [1.54, 1.807) is 6.20 Å². The zero-order chi connectivity index (χ0) is 12.3. The van der Waals surface area contributed by atoms with E-state index in [4.69, 9.17) is 0 Å². The van der Waals surface area contributed by atoms with Crippen LogP contribution < -0.4 is 5.32 Å². The lowest BCUT2D eigenvalue weighted by atomic mass is 10.1. The highest BCUT2D eigenvalue weighted by Gasteiger charge is 2.15. The number of anilines is 1. The van der Waals surface area contributed by atoms with E-state index in [1.807, 2.05) is 24.6 Å². The SMILES string of the molecule is CC(C)n1nccc1NC(=O)CC1C=CCC1. The Morgan fingerprint density at radius 3 is 3.12 bits per heavy atom. The molecule has 0 bridgehead atoms. The predicted octanol–water partition coefficient (Wildman–Crippen LogP) is 2.76. The molecule has 4 heteroatoms. The number of rotatable bonds is 4. The average Bonchev–Trinajstić information content (AvgIpc) is 2.88. The molecule has 4 nitrogen and oxygen atoms in total. The van der Waals surface area contributed by atoms with Gasteiger partial charge in [0.2, 0.25) is 5.91 Å². The highest BCUT2D eigenvalue weighted by molar-refractivity contribution is 5.90. The van der Waals surface area contributed by atoms with Crippen LogP contribution in [-0.4, -0.2) is 15.7 Å². The zero-order valence-electron chi connectivity index (χ0n) is 10.4. The van der Waals surface area contributed by atoms with Gasteiger partial charge in [0.1, 0.15) is 5.82 Å². The highest BCUT2D eigenvalue weighted by Crippen LogP contribution is 2.21. The highest BCUT2D eigenvalue weighted by atomic mass is 16.1. The van der Waals surface area contributed by atoms with Crippen molar-refractivity contribution < 1.29 is 4.79 Å². The molecule has 2 rings (SSSR count). The van der Waals surface area contributed by atoms with Gasteiger partial charge in [-0.1, -0.05) is 12.2 Å². The van der Waals surface area contributed by atoms with Crippen molar-refractivity contribution in [1.82, 2.24) is 9.78 Å². The summed E-state index contributed by atoms with van der Waals surface area (Å²) in [5.74, 6) is 1.27. The number of nitrogens with one attached hydrogen (secondary N) is 1. The second-order valence-corrected chi connectivity index (χ2v) is 4.77. The molecule has 0 fully saturated rings. The monoisotopic (exact) mass is 233 g/mol. The molecule has 1 aliphatic rings. The van der Waals surface area contributed by atoms with E-state index in [-0.39, 0.29) is 11.9 Å². The topological polar surface area (TPSA) is 46.9 Å². The maximum Gasteiger partial charge on any atom is 0.226 e. The Bertz CT molecular complexity index is 420. The first-order chi connectivity index (χ1) is 8.16. The van der Waals surface area contributed by atoms with Crippen LogP contribution in [-0.2, 0) is 4.79 Å². The Balaban J connectivity index is 1.93. The van der Waals surface area contributed by atoms with Crippen molar-refractivity contribution in [3.63, 3.8) is 0 Å². The molecule has 0 saturated heterocycles. The van der Waals surface area contributed by atoms with Crippen LogP contribution in [0.5, 0.6) is 0 Å². The van der Waals surface area contributed by atoms with Gasteiger partial charge in [0, 0.05) is 18.5 Å². The lowest BCUT2D eigenvalue weighted by molar-refractivity contribution is -0.116. The quantitative estimate of drug-likeness (QED) is 0.813. The first-order valence-corrected chi connectivity index (χ1v) is 6.17. The Hall–Kier alpha value is -1.58. The largest absolute Gasteiger partial charge is 0.311 e. The standard InChI is InChI=1S/C13H19N3O/c1-10(2)16-12(7-8-14-16)15-13(17)9-11-5-3-4-6-11/h3,5,7-8,10-11H,4,6,9H2,1-2H3,(H,15,17). The number of aromatic nitrogens is 2. The molecule has 1 aliphatic carbocycles. The van der Waals surface area contributed by atoms with E-state index < -0.39 is 0 Å². The minimum absolute atomic E-state index is 0.0731. The summed E-state index contributed by atoms with van der Waals surface area (Å²) in [5, 5.41) is 7.11. The van der Waals surface area contributed by atoms with Gasteiger partial charge in [0.15, 0.2) is 0 Å². The number of hydrogen-bond donors (Lipinski definition) is 1. The van der Waals surface area contributed by atoms with Crippen LogP contribution >= 0.6 is 0 Å². The van der Waals surface area contributed by atoms with Crippen LogP contribution in [0.3, 0.4) is 0 Å². The molecule has 0 aliphatic heterocycles. The van der Waals surface area contributed by atoms with Gasteiger partial charge < -0.3 is 5.32 Å². The summed E-state index contributed by atoms with van der Waals surface area (Å²) in [5.41, 5.74) is 0. The maximum absolute atomic E-state index is 11.9. The number of hydrogen-bond acceptors (Lipinski definition) is 2. The number of nitrogens with zero attached hydrogens (tertiary/aromatic N) is 2. The molecule has 1 atom stereocenters. The van der Waals surface area contributed by atoms with E-state index in [1.165, 1.54) is 0 Å². The van der Waals surface area contributed by atoms with Gasteiger partial charge in [-0.15, -0.1) is 0 Å². The third-order valence-corrected chi connectivity index (χ3v) is 2.99. The van der Waals surface area contributed by atoms with E-state index in [0.717, 1.165) is 18.7 Å². The van der Waals surface area contributed by atoms with Crippen molar-refractivity contribution in [3.8, 4) is 0 Å². The van der Waals surface area contributed by atoms with Crippen molar-refractivity contribution in [2.24, 2.45) is 5.92 Å². The van der Waals surface area contributed by atoms with Crippen molar-refractivity contribution in [2.45, 2.75) is 39.2 Å². The Morgan fingerprint density at radius 2 is 2.47 bits per heavy atom. The van der Waals surface area contributed by atoms with Gasteiger partial charge in [-0.25, -0.2) is 4.68 Å². The summed E-state index contributed by atoms with van der Waals surface area (Å²) in [6, 6.07) is 2.09. The predicted molar refractivity (Wildman–Crippen MR) is 67.7 cm³/mol. The first kappa shape index (κ1) is 11.9. The lowest BCUT2D eigenvalue weighted by Crippen LogP contribution is -2.18. The fraction of sp³-hybridized carbons (Fsp3) is 0.538. The summed E-state index contributed by atoms with van der Waals surface area (Å²) in [6.07, 6.45) is 8.76. The van der Waals surface area contributed by atoms with E-state index in [9.17, 15) is 4.79 Å². The second-order valence-electron chi connectivity index (χ2n) is 4.77. The van der Waals surface area contributed by atoms with E-state index in [0.29, 0.717) is 12.3 Å². The van der Waals surface area contributed by atoms with Crippen LogP contribution in [0.1, 0.15) is 39.2 Å². The Kier molecular flexibility index (Phi) is 3.61. The van der Waals surface area contributed by atoms with Crippen molar-refractivity contribution >= 4 is 11.7 Å². The summed E-state index contributed by atoms with van der Waals surface area (Å²) < 4.78 is 1.82. The van der Waals surface area contributed by atoms with Crippen molar-refractivity contribution in [2.75, 3.05) is 5.32 Å². The molecule has 1 unspecified atom stereocenters. The summed E-state index contributed by atoms with van der Waals surface area (Å²) >= 11 is 0. The molecule has 1 heterocycles. The molecule has 0 spiro atoms. The summed E-state index contributed by atoms with van der Waals surface area (Å²) in [7, 11) is 0. The molecular weight excluding hydrogens is 214 g/mol. The summed E-state index contributed by atoms with van der Waals surface area (Å²) in [6.45, 7) is 4.09. The van der Waals surface area contributed by atoms with Crippen LogP contribution in [0, 0.1) is 5.92 Å². The van der Waals surface area contributed by atoms with Gasteiger partial charge in [-0.3, -0.25) is 4.79 Å². The normalized spacial score (nSPS) is 18.9. The molecule has 17 heavy (non-hydrogen) atoms. The fourth-order valence-corrected chi connectivity index (χ4v) is 2.12. The van der Waals surface area contributed by atoms with Gasteiger partial charge in [-0.05, 0) is 32.6 Å². The maximum atomic E-state index is 11.9. The molecule has 1 N–H and O–H groups in total. The Morgan fingerprint density at radius 1 is 1.65 bits per heavy atom. The number of allylic oxidation sites excluding steroid dienone is 2. The zero-order valence-corrected chi connectivity index (χ0v) is 10.4. The van der Waals surface area contributed by atoms with Gasteiger partial charge in [0.05, 0.1) is 6.20 Å². The lowest BCUT2D eigenvalue weighted by Gasteiger charge is -2.13. The molecule has 1 aromatic heterocycles. The number of carbonyl (C=O) groups excluding carboxylic acids is 1. The average molecular weight is 233 g/mol. The van der Waals surface area contributed by atoms with Crippen LogP contribution in [0.2, 0.25) is 0 Å². The van der Waals surface area contributed by atoms with Crippen molar-refractivity contribution in [3.05, 3.63) is 24.4 Å². The molecule has 0 saturated carbocycles. The molecule has 0 radical (unpaired) electrons. The van der Waals surface area contributed by atoms with Crippen LogP contribution in [0.15, 0.2) is 24.4 Å². The first-order valence-electron chi connectivity index (χ1n) is 6.17. The van der Waals surface area contributed by atoms with Gasteiger partial charge in [-0.2, -0.15) is 5.10 Å². The molecule has 1 amide bonds. The molecule has 92 valence electrons. The molecular formula is C13H19N3O. The third-order valence-electron chi connectivity index (χ3n) is 2.99. The minimum Gasteiger partial charge on any atom is -0.311 e. The second kappa shape index (κ2) is 5.17. The van der Waals surface area contributed by atoms with Gasteiger partial charge >= 0.3 is 0 Å². The van der Waals surface area contributed by atoms with Crippen molar-refractivity contribution in [1.29, 1.82) is 0 Å². The Labute approximate surface area is 102 Å². The molecule has 0 aromatic carbocycles. The number of carbonyl (C=O) groups is 1.